The lowest BCUT2D eigenvalue weighted by molar-refractivity contribution is 0.296. The van der Waals surface area contributed by atoms with Gasteiger partial charge < -0.3 is 10.5 Å². The molecule has 1 aliphatic carbocycles. The van der Waals surface area contributed by atoms with E-state index in [1.807, 2.05) is 0 Å². The topological polar surface area (TPSA) is 35.2 Å². The van der Waals surface area contributed by atoms with E-state index in [-0.39, 0.29) is 6.04 Å². The zero-order valence-electron chi connectivity index (χ0n) is 12.3. The minimum atomic E-state index is 0.271. The number of rotatable bonds is 8. The number of benzene rings is 1. The molecule has 1 aromatic carbocycles. The van der Waals surface area contributed by atoms with Crippen LogP contribution in [-0.4, -0.2) is 12.6 Å². The number of hydrogen-bond acceptors (Lipinski definition) is 2. The fourth-order valence-electron chi connectivity index (χ4n) is 2.30. The number of aryl methyl sites for hydroxylation is 1. The van der Waals surface area contributed by atoms with Crippen molar-refractivity contribution in [2.75, 3.05) is 6.61 Å². The fraction of sp³-hybridized carbons (Fsp3) is 0.647. The Bertz CT molecular complexity index is 398. The van der Waals surface area contributed by atoms with Gasteiger partial charge in [-0.3, -0.25) is 0 Å². The summed E-state index contributed by atoms with van der Waals surface area (Å²) in [5.41, 5.74) is 8.74. The van der Waals surface area contributed by atoms with E-state index in [0.29, 0.717) is 0 Å². The van der Waals surface area contributed by atoms with Crippen molar-refractivity contribution in [1.82, 2.24) is 0 Å². The Morgan fingerprint density at radius 3 is 2.74 bits per heavy atom. The van der Waals surface area contributed by atoms with Crippen molar-refractivity contribution in [3.63, 3.8) is 0 Å². The first-order chi connectivity index (χ1) is 9.22. The Morgan fingerprint density at radius 2 is 2.11 bits per heavy atom. The number of ether oxygens (including phenoxy) is 1. The average molecular weight is 261 g/mol. The largest absolute Gasteiger partial charge is 0.493 e. The molecule has 1 atom stereocenters. The normalized spacial score (nSPS) is 16.4. The summed E-state index contributed by atoms with van der Waals surface area (Å²) in [5.74, 6) is 1.89. The zero-order chi connectivity index (χ0) is 13.7. The van der Waals surface area contributed by atoms with Crippen LogP contribution in [0.15, 0.2) is 18.2 Å². The maximum absolute atomic E-state index is 6.04. The molecule has 1 fully saturated rings. The molecule has 1 unspecified atom stereocenters. The fourth-order valence-corrected chi connectivity index (χ4v) is 2.30. The van der Waals surface area contributed by atoms with Gasteiger partial charge in [-0.15, -0.1) is 0 Å². The third kappa shape index (κ3) is 4.54. The highest BCUT2D eigenvalue weighted by atomic mass is 16.5. The van der Waals surface area contributed by atoms with E-state index in [9.17, 15) is 0 Å². The zero-order valence-corrected chi connectivity index (χ0v) is 12.3. The maximum Gasteiger partial charge on any atom is 0.122 e. The first-order valence-electron chi connectivity index (χ1n) is 7.73. The summed E-state index contributed by atoms with van der Waals surface area (Å²) in [6.45, 7) is 5.25. The van der Waals surface area contributed by atoms with E-state index in [1.54, 1.807) is 0 Å². The highest BCUT2D eigenvalue weighted by Crippen LogP contribution is 2.31. The molecule has 0 saturated heterocycles. The van der Waals surface area contributed by atoms with Crippen molar-refractivity contribution in [3.05, 3.63) is 29.3 Å². The van der Waals surface area contributed by atoms with Gasteiger partial charge in [0.2, 0.25) is 0 Å². The molecule has 0 aromatic heterocycles. The van der Waals surface area contributed by atoms with Crippen molar-refractivity contribution in [2.24, 2.45) is 11.7 Å². The molecule has 2 N–H and O–H groups in total. The van der Waals surface area contributed by atoms with Crippen LogP contribution in [0.1, 0.15) is 50.7 Å². The van der Waals surface area contributed by atoms with E-state index in [0.717, 1.165) is 44.0 Å². The molecule has 1 saturated carbocycles. The number of hydrogen-bond donors (Lipinski definition) is 1. The molecule has 2 nitrogen and oxygen atoms in total. The summed E-state index contributed by atoms with van der Waals surface area (Å²) in [7, 11) is 0. The molecule has 106 valence electrons. The van der Waals surface area contributed by atoms with Gasteiger partial charge >= 0.3 is 0 Å². The first-order valence-corrected chi connectivity index (χ1v) is 7.73. The van der Waals surface area contributed by atoms with E-state index < -0.39 is 0 Å². The van der Waals surface area contributed by atoms with Gasteiger partial charge in [-0.05, 0) is 55.2 Å². The highest BCUT2D eigenvalue weighted by molar-refractivity contribution is 5.38. The van der Waals surface area contributed by atoms with Gasteiger partial charge in [0, 0.05) is 6.04 Å². The highest BCUT2D eigenvalue weighted by Gasteiger charge is 2.22. The lowest BCUT2D eigenvalue weighted by Gasteiger charge is -2.14. The molecule has 2 heteroatoms. The lowest BCUT2D eigenvalue weighted by Crippen LogP contribution is -2.21. The van der Waals surface area contributed by atoms with Crippen molar-refractivity contribution in [1.29, 1.82) is 0 Å². The van der Waals surface area contributed by atoms with Crippen LogP contribution in [0.4, 0.5) is 0 Å². The van der Waals surface area contributed by atoms with E-state index in [4.69, 9.17) is 10.5 Å². The van der Waals surface area contributed by atoms with Gasteiger partial charge in [-0.2, -0.15) is 0 Å². The van der Waals surface area contributed by atoms with Gasteiger partial charge in [-0.1, -0.05) is 32.4 Å². The summed E-state index contributed by atoms with van der Waals surface area (Å²) in [6.07, 6.45) is 6.93. The van der Waals surface area contributed by atoms with Gasteiger partial charge in [0.1, 0.15) is 5.75 Å². The molecule has 0 radical (unpaired) electrons. The van der Waals surface area contributed by atoms with Crippen LogP contribution >= 0.6 is 0 Å². The van der Waals surface area contributed by atoms with Gasteiger partial charge in [0.05, 0.1) is 6.61 Å². The van der Waals surface area contributed by atoms with Crippen molar-refractivity contribution in [3.8, 4) is 5.75 Å². The first kappa shape index (κ1) is 14.4. The van der Waals surface area contributed by atoms with Crippen LogP contribution in [-0.2, 0) is 12.8 Å². The van der Waals surface area contributed by atoms with Crippen LogP contribution < -0.4 is 10.5 Å². The second-order valence-electron chi connectivity index (χ2n) is 5.82. The molecule has 0 bridgehead atoms. The van der Waals surface area contributed by atoms with Crippen LogP contribution in [0.25, 0.3) is 0 Å². The summed E-state index contributed by atoms with van der Waals surface area (Å²) < 4.78 is 5.97. The Kier molecular flexibility index (Phi) is 5.26. The van der Waals surface area contributed by atoms with Gasteiger partial charge in [-0.25, -0.2) is 0 Å². The summed E-state index contributed by atoms with van der Waals surface area (Å²) in [6, 6.07) is 6.89. The summed E-state index contributed by atoms with van der Waals surface area (Å²) in [5, 5.41) is 0. The predicted octanol–water partition coefficient (Wildman–Crippen LogP) is 3.71. The molecule has 1 aromatic rings. The minimum Gasteiger partial charge on any atom is -0.493 e. The molecule has 19 heavy (non-hydrogen) atoms. The number of nitrogens with two attached hydrogens (primary N) is 1. The molecule has 0 heterocycles. The predicted molar refractivity (Wildman–Crippen MR) is 80.6 cm³/mol. The van der Waals surface area contributed by atoms with Crippen molar-refractivity contribution < 1.29 is 4.74 Å². The second kappa shape index (κ2) is 6.95. The quantitative estimate of drug-likeness (QED) is 0.774. The Morgan fingerprint density at radius 1 is 1.32 bits per heavy atom. The Labute approximate surface area is 117 Å². The summed E-state index contributed by atoms with van der Waals surface area (Å²) in [4.78, 5) is 0. The average Bonchev–Trinajstić information content (AvgIpc) is 3.22. The van der Waals surface area contributed by atoms with Crippen molar-refractivity contribution >= 4 is 0 Å². The lowest BCUT2D eigenvalue weighted by atomic mass is 10.00. The molecule has 2 rings (SSSR count). The monoisotopic (exact) mass is 261 g/mol. The third-order valence-electron chi connectivity index (χ3n) is 3.84. The molecule has 0 aliphatic heterocycles. The smallest absolute Gasteiger partial charge is 0.122 e. The maximum atomic E-state index is 6.04. The van der Waals surface area contributed by atoms with Crippen LogP contribution in [0.3, 0.4) is 0 Å². The van der Waals surface area contributed by atoms with Gasteiger partial charge in [0.25, 0.3) is 0 Å². The standard InChI is InChI=1S/C17H27NO/c1-3-5-15-10-14(11-16(18)4-2)8-9-17(15)19-12-13-6-7-13/h8-10,13,16H,3-7,11-12,18H2,1-2H3. The molecule has 0 spiro atoms. The Hall–Kier alpha value is -1.02. The van der Waals surface area contributed by atoms with Gasteiger partial charge in [0.15, 0.2) is 0 Å². The van der Waals surface area contributed by atoms with E-state index in [1.165, 1.54) is 24.0 Å². The van der Waals surface area contributed by atoms with Crippen LogP contribution in [0.2, 0.25) is 0 Å². The van der Waals surface area contributed by atoms with E-state index in [2.05, 4.69) is 32.0 Å². The Balaban J connectivity index is 2.04. The SMILES string of the molecule is CCCc1cc(CC(N)CC)ccc1OCC1CC1. The van der Waals surface area contributed by atoms with Crippen LogP contribution in [0, 0.1) is 5.92 Å². The molecule has 0 amide bonds. The third-order valence-corrected chi connectivity index (χ3v) is 3.84. The van der Waals surface area contributed by atoms with Crippen LogP contribution in [0.5, 0.6) is 5.75 Å². The minimum absolute atomic E-state index is 0.271. The second-order valence-corrected chi connectivity index (χ2v) is 5.82. The van der Waals surface area contributed by atoms with Crippen molar-refractivity contribution in [2.45, 2.75) is 58.4 Å². The molecular formula is C17H27NO. The molecule has 1 aliphatic rings. The molecular weight excluding hydrogens is 234 g/mol. The summed E-state index contributed by atoms with van der Waals surface area (Å²) >= 11 is 0. The van der Waals surface area contributed by atoms with E-state index >= 15 is 0 Å².